The molecule has 2 aromatic rings. The lowest BCUT2D eigenvalue weighted by Crippen LogP contribution is -2.29. The van der Waals surface area contributed by atoms with Crippen LogP contribution in [0.1, 0.15) is 41.3 Å². The molecule has 0 saturated heterocycles. The number of dihydropyridines is 1. The average molecular weight is 484 g/mol. The third-order valence-corrected chi connectivity index (χ3v) is 6.11. The fourth-order valence-electron chi connectivity index (χ4n) is 4.26. The maximum absolute atomic E-state index is 13.5. The van der Waals surface area contributed by atoms with Crippen LogP contribution in [0.15, 0.2) is 57.7 Å². The molecule has 0 unspecified atom stereocenters. The Morgan fingerprint density at radius 2 is 1.87 bits per heavy atom. The first-order valence-electron chi connectivity index (χ1n) is 9.87. The highest BCUT2D eigenvalue weighted by Crippen LogP contribution is 2.49. The van der Waals surface area contributed by atoms with Crippen molar-refractivity contribution in [1.29, 1.82) is 0 Å². The molecule has 1 N–H and O–H groups in total. The quantitative estimate of drug-likeness (QED) is 0.626. The van der Waals surface area contributed by atoms with E-state index in [1.165, 1.54) is 7.11 Å². The largest absolute Gasteiger partial charge is 0.492 e. The van der Waals surface area contributed by atoms with E-state index in [0.29, 0.717) is 45.0 Å². The van der Waals surface area contributed by atoms with Crippen LogP contribution in [0.5, 0.6) is 11.5 Å². The highest BCUT2D eigenvalue weighted by Gasteiger charge is 2.43. The first-order chi connectivity index (χ1) is 14.9. The Bertz CT molecular complexity index is 1160. The second kappa shape index (κ2) is 8.23. The van der Waals surface area contributed by atoms with Gasteiger partial charge in [-0.05, 0) is 47.5 Å². The van der Waals surface area contributed by atoms with Crippen molar-refractivity contribution >= 4 is 33.4 Å². The van der Waals surface area contributed by atoms with Crippen LogP contribution in [-0.2, 0) is 9.53 Å². The number of halogens is 1. The van der Waals surface area contributed by atoms with Gasteiger partial charge in [0.25, 0.3) is 0 Å². The van der Waals surface area contributed by atoms with E-state index in [4.69, 9.17) is 14.2 Å². The van der Waals surface area contributed by atoms with Gasteiger partial charge in [0.15, 0.2) is 17.3 Å². The van der Waals surface area contributed by atoms with E-state index >= 15 is 0 Å². The fraction of sp³-hybridized carbons (Fsp3) is 0.250. The molecule has 1 heterocycles. The van der Waals surface area contributed by atoms with Gasteiger partial charge in [-0.15, -0.1) is 0 Å². The van der Waals surface area contributed by atoms with Gasteiger partial charge in [0, 0.05) is 28.3 Å². The van der Waals surface area contributed by atoms with Crippen LogP contribution in [0.2, 0.25) is 0 Å². The van der Waals surface area contributed by atoms with Crippen LogP contribution in [0.4, 0.5) is 0 Å². The monoisotopic (exact) mass is 483 g/mol. The Morgan fingerprint density at radius 3 is 2.52 bits per heavy atom. The van der Waals surface area contributed by atoms with Crippen LogP contribution in [0.3, 0.4) is 0 Å². The summed E-state index contributed by atoms with van der Waals surface area (Å²) in [6, 6.07) is 11.1. The second-order valence-corrected chi connectivity index (χ2v) is 8.07. The van der Waals surface area contributed by atoms with E-state index in [1.54, 1.807) is 13.2 Å². The minimum atomic E-state index is -0.620. The molecule has 2 aliphatic rings. The maximum atomic E-state index is 13.5. The number of ether oxygens (including phenoxy) is 3. The number of carbonyl (C=O) groups excluding carboxylic acids is 2. The lowest BCUT2D eigenvalue weighted by atomic mass is 9.79. The average Bonchev–Trinajstić information content (AvgIpc) is 3.04. The number of hydrogen-bond acceptors (Lipinski definition) is 6. The van der Waals surface area contributed by atoms with Gasteiger partial charge >= 0.3 is 5.97 Å². The molecule has 0 aromatic heterocycles. The molecule has 1 atom stereocenters. The number of esters is 1. The molecule has 0 radical (unpaired) electrons. The molecule has 1 aliphatic carbocycles. The van der Waals surface area contributed by atoms with E-state index < -0.39 is 11.9 Å². The summed E-state index contributed by atoms with van der Waals surface area (Å²) in [6.45, 7) is 4.14. The normalized spacial score (nSPS) is 17.2. The summed E-state index contributed by atoms with van der Waals surface area (Å²) in [4.78, 5) is 26.3. The van der Waals surface area contributed by atoms with E-state index in [0.717, 1.165) is 16.8 Å². The first-order valence-corrected chi connectivity index (χ1v) is 10.7. The van der Waals surface area contributed by atoms with Crippen molar-refractivity contribution in [1.82, 2.24) is 5.32 Å². The molecule has 1 aliphatic heterocycles. The second-order valence-electron chi connectivity index (χ2n) is 7.22. The standard InChI is InChI=1S/C24H22BrNO5/c1-5-31-17-11-13(10-16(25)23(17)29-3)19-18(24(28)30-4)12(2)26-21-14-8-6-7-9-15(14)22(27)20(19)21/h6-11,19,26H,5H2,1-4H3/t19-/m0/s1. The summed E-state index contributed by atoms with van der Waals surface area (Å²) in [6.07, 6.45) is 0. The van der Waals surface area contributed by atoms with Crippen LogP contribution in [0, 0.1) is 0 Å². The molecular weight excluding hydrogens is 462 g/mol. The molecule has 0 fully saturated rings. The Kier molecular flexibility index (Phi) is 5.62. The van der Waals surface area contributed by atoms with Gasteiger partial charge < -0.3 is 19.5 Å². The zero-order valence-corrected chi connectivity index (χ0v) is 19.3. The minimum absolute atomic E-state index is 0.109. The number of rotatable bonds is 5. The number of methoxy groups -OCH3 is 2. The van der Waals surface area contributed by atoms with Crippen molar-refractivity contribution in [2.45, 2.75) is 19.8 Å². The third-order valence-electron chi connectivity index (χ3n) is 5.52. The smallest absolute Gasteiger partial charge is 0.336 e. The van der Waals surface area contributed by atoms with Gasteiger partial charge in [0.05, 0.1) is 36.6 Å². The Labute approximate surface area is 189 Å². The first kappa shape index (κ1) is 21.2. The van der Waals surface area contributed by atoms with E-state index in [2.05, 4.69) is 21.2 Å². The highest BCUT2D eigenvalue weighted by atomic mass is 79.9. The van der Waals surface area contributed by atoms with Crippen molar-refractivity contribution in [2.24, 2.45) is 0 Å². The third kappa shape index (κ3) is 3.33. The van der Waals surface area contributed by atoms with Gasteiger partial charge in [0.1, 0.15) is 0 Å². The van der Waals surface area contributed by atoms with Gasteiger partial charge in [-0.25, -0.2) is 4.79 Å². The van der Waals surface area contributed by atoms with Crippen LogP contribution >= 0.6 is 15.9 Å². The molecule has 160 valence electrons. The molecule has 7 heteroatoms. The summed E-state index contributed by atoms with van der Waals surface area (Å²) in [7, 11) is 2.90. The number of nitrogens with one attached hydrogen (secondary N) is 1. The molecule has 2 aromatic carbocycles. The molecule has 0 amide bonds. The zero-order chi connectivity index (χ0) is 22.3. The summed E-state index contributed by atoms with van der Waals surface area (Å²) in [5, 5.41) is 3.28. The van der Waals surface area contributed by atoms with Crippen LogP contribution in [-0.4, -0.2) is 32.6 Å². The summed E-state index contributed by atoms with van der Waals surface area (Å²) in [5.74, 6) is -0.142. The number of hydrogen-bond donors (Lipinski definition) is 1. The predicted molar refractivity (Wildman–Crippen MR) is 120 cm³/mol. The van der Waals surface area contributed by atoms with Crippen molar-refractivity contribution in [3.05, 3.63) is 74.4 Å². The SMILES string of the molecule is CCOc1cc([C@H]2C(C(=O)OC)=C(C)NC3=C2C(=O)c2ccccc23)cc(Br)c1OC. The Balaban J connectivity index is 1.97. The molecule has 31 heavy (non-hydrogen) atoms. The number of Topliss-reactive ketones (excluding diaryl/α,β-unsaturated/α-hetero) is 1. The van der Waals surface area contributed by atoms with Crippen molar-refractivity contribution in [3.8, 4) is 11.5 Å². The van der Waals surface area contributed by atoms with E-state index in [-0.39, 0.29) is 5.78 Å². The van der Waals surface area contributed by atoms with E-state index in [1.807, 2.05) is 44.2 Å². The van der Waals surface area contributed by atoms with Crippen LogP contribution in [0.25, 0.3) is 5.70 Å². The van der Waals surface area contributed by atoms with Crippen molar-refractivity contribution in [3.63, 3.8) is 0 Å². The van der Waals surface area contributed by atoms with Gasteiger partial charge in [-0.3, -0.25) is 4.79 Å². The Morgan fingerprint density at radius 1 is 1.16 bits per heavy atom. The summed E-state index contributed by atoms with van der Waals surface area (Å²) in [5.41, 5.74) is 4.44. The maximum Gasteiger partial charge on any atom is 0.336 e. The predicted octanol–water partition coefficient (Wildman–Crippen LogP) is 4.60. The lowest BCUT2D eigenvalue weighted by molar-refractivity contribution is -0.136. The van der Waals surface area contributed by atoms with Crippen LogP contribution < -0.4 is 14.8 Å². The number of benzene rings is 2. The lowest BCUT2D eigenvalue weighted by Gasteiger charge is -2.29. The molecule has 0 spiro atoms. The molecule has 0 bridgehead atoms. The fourth-order valence-corrected chi connectivity index (χ4v) is 4.88. The minimum Gasteiger partial charge on any atom is -0.492 e. The number of ketones is 1. The van der Waals surface area contributed by atoms with Gasteiger partial charge in [0.2, 0.25) is 0 Å². The van der Waals surface area contributed by atoms with Gasteiger partial charge in [-0.2, -0.15) is 0 Å². The van der Waals surface area contributed by atoms with Gasteiger partial charge in [-0.1, -0.05) is 24.3 Å². The molecule has 0 saturated carbocycles. The van der Waals surface area contributed by atoms with E-state index in [9.17, 15) is 9.59 Å². The molecule has 4 rings (SSSR count). The Hall–Kier alpha value is -3.06. The summed E-state index contributed by atoms with van der Waals surface area (Å²) >= 11 is 3.55. The zero-order valence-electron chi connectivity index (χ0n) is 17.7. The van der Waals surface area contributed by atoms with Crippen molar-refractivity contribution < 1.29 is 23.8 Å². The molecule has 6 nitrogen and oxygen atoms in total. The molecular formula is C24H22BrNO5. The highest BCUT2D eigenvalue weighted by molar-refractivity contribution is 9.10. The number of carbonyl (C=O) groups is 2. The number of fused-ring (bicyclic) bond motifs is 2. The number of allylic oxidation sites excluding steroid dienone is 2. The topological polar surface area (TPSA) is 73.9 Å². The van der Waals surface area contributed by atoms with Crippen molar-refractivity contribution in [2.75, 3.05) is 20.8 Å². The summed E-state index contributed by atoms with van der Waals surface area (Å²) < 4.78 is 17.0.